The highest BCUT2D eigenvalue weighted by Crippen LogP contribution is 2.36. The molecule has 0 aliphatic rings. The van der Waals surface area contributed by atoms with E-state index in [1.165, 1.54) is 0 Å². The summed E-state index contributed by atoms with van der Waals surface area (Å²) in [5.41, 5.74) is 7.10. The summed E-state index contributed by atoms with van der Waals surface area (Å²) in [7, 11) is -1.30. The van der Waals surface area contributed by atoms with E-state index in [1.54, 1.807) is 11.3 Å². The highest BCUT2D eigenvalue weighted by molar-refractivity contribution is 7.84. The number of benzene rings is 2. The summed E-state index contributed by atoms with van der Waals surface area (Å²) in [5, 5.41) is 1.79. The normalized spacial score (nSPS) is 12.4. The minimum atomic E-state index is -1.30. The molecule has 0 spiro atoms. The lowest BCUT2D eigenvalue weighted by atomic mass is 10.1. The topological polar surface area (TPSA) is 60.2 Å². The molecule has 1 amide bonds. The van der Waals surface area contributed by atoms with Crippen LogP contribution in [0.15, 0.2) is 48.5 Å². The second-order valence-corrected chi connectivity index (χ2v) is 8.12. The SMILES string of the molecule is NC(=O)CS(=O)Cc1ccccc1-c1cc2cc(Cl)ccc2s1. The maximum absolute atomic E-state index is 12.0. The van der Waals surface area contributed by atoms with Crippen LogP contribution in [0.5, 0.6) is 0 Å². The number of fused-ring (bicyclic) bond motifs is 1. The Labute approximate surface area is 145 Å². The van der Waals surface area contributed by atoms with E-state index in [0.717, 1.165) is 26.1 Å². The Morgan fingerprint density at radius 3 is 2.74 bits per heavy atom. The third-order valence-electron chi connectivity index (χ3n) is 3.38. The number of thiophene rings is 1. The largest absolute Gasteiger partial charge is 0.369 e. The van der Waals surface area contributed by atoms with Gasteiger partial charge < -0.3 is 5.73 Å². The molecule has 3 nitrogen and oxygen atoms in total. The van der Waals surface area contributed by atoms with E-state index in [1.807, 2.05) is 42.5 Å². The van der Waals surface area contributed by atoms with Crippen molar-refractivity contribution in [2.45, 2.75) is 5.75 Å². The van der Waals surface area contributed by atoms with E-state index in [4.69, 9.17) is 17.3 Å². The van der Waals surface area contributed by atoms with Gasteiger partial charge in [0, 0.05) is 31.2 Å². The summed E-state index contributed by atoms with van der Waals surface area (Å²) >= 11 is 7.71. The number of carbonyl (C=O) groups is 1. The molecule has 0 radical (unpaired) electrons. The lowest BCUT2D eigenvalue weighted by molar-refractivity contribution is -0.115. The van der Waals surface area contributed by atoms with Crippen molar-refractivity contribution < 1.29 is 9.00 Å². The van der Waals surface area contributed by atoms with E-state index in [2.05, 4.69) is 6.07 Å². The molecule has 1 aromatic heterocycles. The lowest BCUT2D eigenvalue weighted by Crippen LogP contribution is -2.20. The maximum Gasteiger partial charge on any atom is 0.230 e. The van der Waals surface area contributed by atoms with Gasteiger partial charge >= 0.3 is 0 Å². The van der Waals surface area contributed by atoms with Gasteiger partial charge in [0.1, 0.15) is 5.75 Å². The molecule has 0 saturated heterocycles. The monoisotopic (exact) mass is 363 g/mol. The molecule has 3 rings (SSSR count). The predicted molar refractivity (Wildman–Crippen MR) is 98.2 cm³/mol. The molecule has 3 aromatic rings. The molecule has 1 atom stereocenters. The zero-order valence-electron chi connectivity index (χ0n) is 12.1. The Balaban J connectivity index is 1.98. The van der Waals surface area contributed by atoms with Gasteiger partial charge in [0.15, 0.2) is 0 Å². The molecular formula is C17H14ClNO2S2. The summed E-state index contributed by atoms with van der Waals surface area (Å²) in [6.45, 7) is 0. The zero-order chi connectivity index (χ0) is 16.4. The quantitative estimate of drug-likeness (QED) is 0.745. The minimum absolute atomic E-state index is 0.115. The molecule has 1 unspecified atom stereocenters. The molecule has 2 aromatic carbocycles. The first-order chi connectivity index (χ1) is 11.0. The van der Waals surface area contributed by atoms with Crippen molar-refractivity contribution in [3.8, 4) is 10.4 Å². The highest BCUT2D eigenvalue weighted by Gasteiger charge is 2.12. The van der Waals surface area contributed by atoms with Gasteiger partial charge in [-0.1, -0.05) is 35.9 Å². The Kier molecular flexibility index (Phi) is 4.80. The smallest absolute Gasteiger partial charge is 0.230 e. The Bertz CT molecular complexity index is 904. The third kappa shape index (κ3) is 3.80. The number of nitrogens with two attached hydrogens (primary N) is 1. The van der Waals surface area contributed by atoms with Gasteiger partial charge in [-0.2, -0.15) is 0 Å². The van der Waals surface area contributed by atoms with Crippen LogP contribution >= 0.6 is 22.9 Å². The van der Waals surface area contributed by atoms with Crippen LogP contribution in [0.25, 0.3) is 20.5 Å². The Hall–Kier alpha value is -1.69. The molecule has 23 heavy (non-hydrogen) atoms. The first kappa shape index (κ1) is 16.2. The number of carbonyl (C=O) groups excluding carboxylic acids is 1. The van der Waals surface area contributed by atoms with Crippen LogP contribution in [0.4, 0.5) is 0 Å². The summed E-state index contributed by atoms with van der Waals surface area (Å²) < 4.78 is 13.2. The number of primary amides is 1. The first-order valence-electron chi connectivity index (χ1n) is 6.93. The van der Waals surface area contributed by atoms with E-state index in [-0.39, 0.29) is 5.75 Å². The molecule has 0 aliphatic carbocycles. The molecule has 2 N–H and O–H groups in total. The molecular weight excluding hydrogens is 350 g/mol. The van der Waals surface area contributed by atoms with Gasteiger partial charge in [-0.05, 0) is 40.8 Å². The Morgan fingerprint density at radius 1 is 1.17 bits per heavy atom. The average molecular weight is 364 g/mol. The van der Waals surface area contributed by atoms with Crippen LogP contribution < -0.4 is 5.73 Å². The average Bonchev–Trinajstić information content (AvgIpc) is 2.89. The predicted octanol–water partition coefficient (Wildman–Crippen LogP) is 3.96. The third-order valence-corrected chi connectivity index (χ3v) is 6.00. The first-order valence-corrected chi connectivity index (χ1v) is 9.62. The molecule has 0 saturated carbocycles. The van der Waals surface area contributed by atoms with Gasteiger partial charge in [0.05, 0.1) is 0 Å². The summed E-state index contributed by atoms with van der Waals surface area (Å²) in [6.07, 6.45) is 0. The molecule has 0 aliphatic heterocycles. The fourth-order valence-corrected chi connectivity index (χ4v) is 4.72. The van der Waals surface area contributed by atoms with E-state index in [9.17, 15) is 9.00 Å². The van der Waals surface area contributed by atoms with Gasteiger partial charge in [0.2, 0.25) is 5.91 Å². The van der Waals surface area contributed by atoms with Crippen molar-refractivity contribution in [3.63, 3.8) is 0 Å². The van der Waals surface area contributed by atoms with E-state index < -0.39 is 16.7 Å². The summed E-state index contributed by atoms with van der Waals surface area (Å²) in [6, 6.07) is 15.7. The number of hydrogen-bond donors (Lipinski definition) is 1. The second kappa shape index (κ2) is 6.83. The molecule has 1 heterocycles. The molecule has 118 valence electrons. The van der Waals surface area contributed by atoms with Crippen molar-refractivity contribution >= 4 is 49.7 Å². The minimum Gasteiger partial charge on any atom is -0.369 e. The Morgan fingerprint density at radius 2 is 1.96 bits per heavy atom. The molecule has 6 heteroatoms. The fraction of sp³-hybridized carbons (Fsp3) is 0.118. The van der Waals surface area contributed by atoms with Gasteiger partial charge in [-0.15, -0.1) is 11.3 Å². The number of halogens is 1. The summed E-state index contributed by atoms with van der Waals surface area (Å²) in [5.74, 6) is -0.345. The lowest BCUT2D eigenvalue weighted by Gasteiger charge is -2.07. The van der Waals surface area contributed by atoms with Gasteiger partial charge in [-0.25, -0.2) is 0 Å². The van der Waals surface area contributed by atoms with E-state index >= 15 is 0 Å². The fourth-order valence-electron chi connectivity index (χ4n) is 2.42. The van der Waals surface area contributed by atoms with Crippen LogP contribution in [0.3, 0.4) is 0 Å². The van der Waals surface area contributed by atoms with Crippen LogP contribution in [-0.4, -0.2) is 15.9 Å². The van der Waals surface area contributed by atoms with Crippen LogP contribution in [0, 0.1) is 0 Å². The number of amides is 1. The highest BCUT2D eigenvalue weighted by atomic mass is 35.5. The number of hydrogen-bond acceptors (Lipinski definition) is 3. The van der Waals surface area contributed by atoms with Crippen molar-refractivity contribution in [1.29, 1.82) is 0 Å². The number of rotatable bonds is 5. The zero-order valence-corrected chi connectivity index (χ0v) is 14.5. The van der Waals surface area contributed by atoms with Crippen LogP contribution in [-0.2, 0) is 21.3 Å². The van der Waals surface area contributed by atoms with Crippen molar-refractivity contribution in [3.05, 3.63) is 59.1 Å². The van der Waals surface area contributed by atoms with Crippen molar-refractivity contribution in [1.82, 2.24) is 0 Å². The standard InChI is InChI=1S/C17H14ClNO2S2/c18-13-5-6-15-12(7-13)8-16(22-15)14-4-2-1-3-11(14)9-23(21)10-17(19)20/h1-8H,9-10H2,(H2,19,20). The van der Waals surface area contributed by atoms with Crippen LogP contribution in [0.1, 0.15) is 5.56 Å². The van der Waals surface area contributed by atoms with Crippen LogP contribution in [0.2, 0.25) is 5.02 Å². The summed E-state index contributed by atoms with van der Waals surface area (Å²) in [4.78, 5) is 12.0. The maximum atomic E-state index is 12.0. The van der Waals surface area contributed by atoms with Crippen molar-refractivity contribution in [2.75, 3.05) is 5.75 Å². The second-order valence-electron chi connectivity index (χ2n) is 5.14. The van der Waals surface area contributed by atoms with Gasteiger partial charge in [0.25, 0.3) is 0 Å². The van der Waals surface area contributed by atoms with Gasteiger partial charge in [-0.3, -0.25) is 9.00 Å². The molecule has 0 bridgehead atoms. The van der Waals surface area contributed by atoms with E-state index in [0.29, 0.717) is 10.8 Å². The molecule has 0 fully saturated rings. The van der Waals surface area contributed by atoms with Crippen molar-refractivity contribution in [2.24, 2.45) is 5.73 Å².